The van der Waals surface area contributed by atoms with Crippen LogP contribution in [0.15, 0.2) is 24.4 Å². The van der Waals surface area contributed by atoms with Crippen molar-refractivity contribution in [3.05, 3.63) is 30.2 Å². The molecule has 0 spiro atoms. The molecule has 0 radical (unpaired) electrons. The van der Waals surface area contributed by atoms with E-state index >= 15 is 0 Å². The van der Waals surface area contributed by atoms with E-state index in [0.717, 1.165) is 6.20 Å². The lowest BCUT2D eigenvalue weighted by atomic mass is 10.1. The molecule has 1 aromatic heterocycles. The Kier molecular flexibility index (Phi) is 3.79. The van der Waals surface area contributed by atoms with Crippen molar-refractivity contribution >= 4 is 5.95 Å². The van der Waals surface area contributed by atoms with Crippen LogP contribution in [0.3, 0.4) is 0 Å². The SMILES string of the molecule is CNc1ncc(F)c(-c2ccc(OC)c(OC)c2)n1. The average Bonchev–Trinajstić information content (AvgIpc) is 2.47. The lowest BCUT2D eigenvalue weighted by Crippen LogP contribution is -2.00. The van der Waals surface area contributed by atoms with Gasteiger partial charge in [-0.3, -0.25) is 0 Å². The number of aromatic nitrogens is 2. The second-order valence-electron chi connectivity index (χ2n) is 3.71. The first kappa shape index (κ1) is 13.1. The average molecular weight is 263 g/mol. The van der Waals surface area contributed by atoms with Gasteiger partial charge in [-0.1, -0.05) is 0 Å². The summed E-state index contributed by atoms with van der Waals surface area (Å²) in [5.74, 6) is 0.955. The minimum absolute atomic E-state index is 0.209. The van der Waals surface area contributed by atoms with Crippen molar-refractivity contribution in [3.8, 4) is 22.8 Å². The molecular weight excluding hydrogens is 249 g/mol. The van der Waals surface area contributed by atoms with Gasteiger partial charge >= 0.3 is 0 Å². The lowest BCUT2D eigenvalue weighted by Gasteiger charge is -2.10. The van der Waals surface area contributed by atoms with Gasteiger partial charge in [-0.25, -0.2) is 14.4 Å². The summed E-state index contributed by atoms with van der Waals surface area (Å²) in [5.41, 5.74) is 0.800. The predicted octanol–water partition coefficient (Wildman–Crippen LogP) is 2.34. The molecule has 100 valence electrons. The van der Waals surface area contributed by atoms with Gasteiger partial charge in [-0.05, 0) is 18.2 Å². The van der Waals surface area contributed by atoms with E-state index in [9.17, 15) is 4.39 Å². The summed E-state index contributed by atoms with van der Waals surface area (Å²) in [4.78, 5) is 7.90. The molecule has 0 aliphatic rings. The van der Waals surface area contributed by atoms with Gasteiger partial charge in [0.15, 0.2) is 17.3 Å². The van der Waals surface area contributed by atoms with Crippen molar-refractivity contribution < 1.29 is 13.9 Å². The molecule has 1 aromatic carbocycles. The number of rotatable bonds is 4. The van der Waals surface area contributed by atoms with E-state index in [-0.39, 0.29) is 5.69 Å². The van der Waals surface area contributed by atoms with Crippen LogP contribution in [-0.2, 0) is 0 Å². The van der Waals surface area contributed by atoms with Crippen LogP contribution in [0.1, 0.15) is 0 Å². The smallest absolute Gasteiger partial charge is 0.223 e. The van der Waals surface area contributed by atoms with Gasteiger partial charge in [0, 0.05) is 12.6 Å². The van der Waals surface area contributed by atoms with Crippen LogP contribution in [0.5, 0.6) is 11.5 Å². The highest BCUT2D eigenvalue weighted by molar-refractivity contribution is 5.65. The molecule has 0 saturated carbocycles. The Morgan fingerprint density at radius 3 is 2.53 bits per heavy atom. The van der Waals surface area contributed by atoms with E-state index in [1.165, 1.54) is 7.11 Å². The van der Waals surface area contributed by atoms with Gasteiger partial charge in [-0.2, -0.15) is 0 Å². The molecule has 0 aliphatic carbocycles. The Balaban J connectivity index is 2.52. The normalized spacial score (nSPS) is 10.1. The zero-order chi connectivity index (χ0) is 13.8. The van der Waals surface area contributed by atoms with Crippen LogP contribution in [0.2, 0.25) is 0 Å². The third-order valence-corrected chi connectivity index (χ3v) is 2.62. The van der Waals surface area contributed by atoms with Gasteiger partial charge in [0.2, 0.25) is 5.95 Å². The molecule has 0 fully saturated rings. The number of hydrogen-bond acceptors (Lipinski definition) is 5. The first-order valence-electron chi connectivity index (χ1n) is 5.62. The molecular formula is C13H14FN3O2. The molecule has 0 unspecified atom stereocenters. The molecule has 0 atom stereocenters. The molecule has 2 rings (SSSR count). The van der Waals surface area contributed by atoms with Crippen LogP contribution in [0.25, 0.3) is 11.3 Å². The number of hydrogen-bond donors (Lipinski definition) is 1. The summed E-state index contributed by atoms with van der Waals surface area (Å²) in [6.07, 6.45) is 1.13. The largest absolute Gasteiger partial charge is 0.493 e. The topological polar surface area (TPSA) is 56.3 Å². The van der Waals surface area contributed by atoms with Gasteiger partial charge in [0.1, 0.15) is 5.69 Å². The maximum Gasteiger partial charge on any atom is 0.223 e. The first-order valence-corrected chi connectivity index (χ1v) is 5.62. The summed E-state index contributed by atoms with van der Waals surface area (Å²) in [5, 5.41) is 2.77. The second kappa shape index (κ2) is 5.51. The van der Waals surface area contributed by atoms with E-state index in [2.05, 4.69) is 15.3 Å². The zero-order valence-corrected chi connectivity index (χ0v) is 10.9. The number of anilines is 1. The van der Waals surface area contributed by atoms with Gasteiger partial charge in [0.25, 0.3) is 0 Å². The standard InChI is InChI=1S/C13H14FN3O2/c1-15-13-16-7-9(14)12(17-13)8-4-5-10(18-2)11(6-8)19-3/h4-7H,1-3H3,(H,15,16,17). The highest BCUT2D eigenvalue weighted by atomic mass is 19.1. The maximum atomic E-state index is 13.8. The number of methoxy groups -OCH3 is 2. The summed E-state index contributed by atoms with van der Waals surface area (Å²) in [6, 6.07) is 5.09. The Hall–Kier alpha value is -2.37. The summed E-state index contributed by atoms with van der Waals surface area (Å²) < 4.78 is 24.1. The van der Waals surface area contributed by atoms with Crippen LogP contribution in [0.4, 0.5) is 10.3 Å². The molecule has 19 heavy (non-hydrogen) atoms. The van der Waals surface area contributed by atoms with Crippen molar-refractivity contribution in [3.63, 3.8) is 0 Å². The first-order chi connectivity index (χ1) is 9.19. The van der Waals surface area contributed by atoms with Crippen molar-refractivity contribution in [1.82, 2.24) is 9.97 Å². The van der Waals surface area contributed by atoms with Crippen LogP contribution >= 0.6 is 0 Å². The fourth-order valence-electron chi connectivity index (χ4n) is 1.67. The van der Waals surface area contributed by atoms with E-state index in [4.69, 9.17) is 9.47 Å². The van der Waals surface area contributed by atoms with Crippen molar-refractivity contribution in [2.24, 2.45) is 0 Å². The monoisotopic (exact) mass is 263 g/mol. The molecule has 5 nitrogen and oxygen atoms in total. The van der Waals surface area contributed by atoms with Crippen molar-refractivity contribution in [1.29, 1.82) is 0 Å². The van der Waals surface area contributed by atoms with Crippen molar-refractivity contribution in [2.45, 2.75) is 0 Å². The highest BCUT2D eigenvalue weighted by Crippen LogP contribution is 2.32. The predicted molar refractivity (Wildman–Crippen MR) is 70.1 cm³/mol. The molecule has 0 amide bonds. The molecule has 6 heteroatoms. The Morgan fingerprint density at radius 1 is 1.16 bits per heavy atom. The van der Waals surface area contributed by atoms with Crippen LogP contribution in [-0.4, -0.2) is 31.2 Å². The minimum atomic E-state index is -0.494. The van der Waals surface area contributed by atoms with E-state index in [1.54, 1.807) is 32.4 Å². The minimum Gasteiger partial charge on any atom is -0.493 e. The van der Waals surface area contributed by atoms with Crippen LogP contribution in [0, 0.1) is 5.82 Å². The lowest BCUT2D eigenvalue weighted by molar-refractivity contribution is 0.355. The van der Waals surface area contributed by atoms with Crippen LogP contribution < -0.4 is 14.8 Å². The number of nitrogens with zero attached hydrogens (tertiary/aromatic N) is 2. The van der Waals surface area contributed by atoms with E-state index < -0.39 is 5.82 Å². The molecule has 0 saturated heterocycles. The highest BCUT2D eigenvalue weighted by Gasteiger charge is 2.12. The molecule has 1 heterocycles. The molecule has 1 N–H and O–H groups in total. The zero-order valence-electron chi connectivity index (χ0n) is 10.9. The van der Waals surface area contributed by atoms with Gasteiger partial charge in [-0.15, -0.1) is 0 Å². The third kappa shape index (κ3) is 2.57. The number of halogens is 1. The third-order valence-electron chi connectivity index (χ3n) is 2.62. The fraction of sp³-hybridized carbons (Fsp3) is 0.231. The van der Waals surface area contributed by atoms with Gasteiger partial charge in [0.05, 0.1) is 20.4 Å². The number of nitrogens with one attached hydrogen (secondary N) is 1. The van der Waals surface area contributed by atoms with E-state index in [0.29, 0.717) is 23.0 Å². The molecule has 0 aliphatic heterocycles. The number of benzene rings is 1. The maximum absolute atomic E-state index is 13.8. The quantitative estimate of drug-likeness (QED) is 0.917. The summed E-state index contributed by atoms with van der Waals surface area (Å²) in [6.45, 7) is 0. The number of ether oxygens (including phenoxy) is 2. The molecule has 0 bridgehead atoms. The van der Waals surface area contributed by atoms with Gasteiger partial charge < -0.3 is 14.8 Å². The Bertz CT molecular complexity index is 590. The summed E-state index contributed by atoms with van der Waals surface area (Å²) in [7, 11) is 4.74. The van der Waals surface area contributed by atoms with Crippen molar-refractivity contribution in [2.75, 3.05) is 26.6 Å². The Labute approximate surface area is 110 Å². The fourth-order valence-corrected chi connectivity index (χ4v) is 1.67. The molecule has 2 aromatic rings. The Morgan fingerprint density at radius 2 is 1.89 bits per heavy atom. The second-order valence-corrected chi connectivity index (χ2v) is 3.71. The van der Waals surface area contributed by atoms with E-state index in [1.807, 2.05) is 0 Å². The summed E-state index contributed by atoms with van der Waals surface area (Å²) >= 11 is 0.